The number of carbonyl (C=O) groups excluding carboxylic acids is 1. The fourth-order valence-electron chi connectivity index (χ4n) is 3.95. The molecule has 0 aromatic heterocycles. The molecule has 2 aromatic rings. The Labute approximate surface area is 201 Å². The van der Waals surface area contributed by atoms with Gasteiger partial charge in [-0.05, 0) is 29.8 Å². The maximum atomic E-state index is 12.7. The highest BCUT2D eigenvalue weighted by atomic mass is 16.7. The van der Waals surface area contributed by atoms with Crippen molar-refractivity contribution in [2.75, 3.05) is 20.8 Å². The van der Waals surface area contributed by atoms with Gasteiger partial charge in [0.1, 0.15) is 47.4 Å². The molecule has 188 valence electrons. The van der Waals surface area contributed by atoms with Gasteiger partial charge in [0, 0.05) is 18.6 Å². The van der Waals surface area contributed by atoms with Crippen LogP contribution in [0.4, 0.5) is 0 Å². The normalized spacial score (nSPS) is 28.3. The molecule has 10 heteroatoms. The quantitative estimate of drug-likeness (QED) is 0.413. The number of hydrogen-bond donors (Lipinski definition) is 4. The van der Waals surface area contributed by atoms with Crippen LogP contribution in [-0.2, 0) is 20.7 Å². The van der Waals surface area contributed by atoms with Gasteiger partial charge in [0.05, 0.1) is 26.4 Å². The number of carbonyl (C=O) groups is 1. The van der Waals surface area contributed by atoms with Gasteiger partial charge in [-0.15, -0.1) is 0 Å². The fourth-order valence-corrected chi connectivity index (χ4v) is 3.95. The van der Waals surface area contributed by atoms with Crippen LogP contribution in [-0.4, -0.2) is 83.8 Å². The second-order valence-corrected chi connectivity index (χ2v) is 8.25. The topological polar surface area (TPSA) is 144 Å². The summed E-state index contributed by atoms with van der Waals surface area (Å²) >= 11 is 0. The molecule has 0 saturated carbocycles. The second-order valence-electron chi connectivity index (χ2n) is 8.25. The molecule has 0 amide bonds. The van der Waals surface area contributed by atoms with Crippen molar-refractivity contribution in [2.24, 2.45) is 0 Å². The molecule has 10 nitrogen and oxygen atoms in total. The molecule has 0 unspecified atom stereocenters. The lowest BCUT2D eigenvalue weighted by Gasteiger charge is -2.39. The molecule has 0 spiro atoms. The third-order valence-electron chi connectivity index (χ3n) is 5.99. The molecule has 2 heterocycles. The number of aliphatic hydroxyl groups excluding tert-OH is 4. The van der Waals surface area contributed by atoms with Crippen molar-refractivity contribution >= 4 is 11.5 Å². The van der Waals surface area contributed by atoms with Gasteiger partial charge in [-0.1, -0.05) is 12.1 Å². The Hall–Kier alpha value is -3.15. The highest BCUT2D eigenvalue weighted by Crippen LogP contribution is 2.37. The second kappa shape index (κ2) is 10.6. The van der Waals surface area contributed by atoms with Crippen molar-refractivity contribution in [3.8, 4) is 17.2 Å². The summed E-state index contributed by atoms with van der Waals surface area (Å²) in [6.07, 6.45) is -6.28. The summed E-state index contributed by atoms with van der Waals surface area (Å²) in [6, 6.07) is 12.1. The molecule has 0 aliphatic carbocycles. The predicted molar refractivity (Wildman–Crippen MR) is 122 cm³/mol. The molecule has 0 radical (unpaired) electrons. The Morgan fingerprint density at radius 2 is 1.60 bits per heavy atom. The van der Waals surface area contributed by atoms with Crippen LogP contribution in [0.5, 0.6) is 17.2 Å². The summed E-state index contributed by atoms with van der Waals surface area (Å²) in [7, 11) is 3.04. The first-order chi connectivity index (χ1) is 16.8. The lowest BCUT2D eigenvalue weighted by molar-refractivity contribution is -0.277. The number of benzene rings is 2. The standard InChI is InChI=1S/C25H28O10/c1-31-14-5-3-13(4-6-14)9-20-17(27)11-19(33-20)16-8-7-15(32-2)10-18(16)34-25-24(30)23(29)22(28)21(12-26)35-25/h3-8,10-11,20-26,28-30H,9,12H2,1-2H3/t20-,21-,22-,23+,24-,25-/m1/s1. The Morgan fingerprint density at radius 3 is 2.26 bits per heavy atom. The lowest BCUT2D eigenvalue weighted by atomic mass is 9.99. The smallest absolute Gasteiger partial charge is 0.229 e. The summed E-state index contributed by atoms with van der Waals surface area (Å²) in [4.78, 5) is 12.7. The number of ketones is 1. The van der Waals surface area contributed by atoms with E-state index in [9.17, 15) is 25.2 Å². The van der Waals surface area contributed by atoms with Gasteiger partial charge in [0.25, 0.3) is 0 Å². The average Bonchev–Trinajstić information content (AvgIpc) is 3.24. The minimum Gasteiger partial charge on any atom is -0.497 e. The van der Waals surface area contributed by atoms with Crippen LogP contribution < -0.4 is 14.2 Å². The number of aliphatic hydroxyl groups is 4. The van der Waals surface area contributed by atoms with E-state index < -0.39 is 43.4 Å². The first-order valence-electron chi connectivity index (χ1n) is 11.0. The van der Waals surface area contributed by atoms with E-state index in [1.54, 1.807) is 31.4 Å². The fraction of sp³-hybridized carbons (Fsp3) is 0.400. The van der Waals surface area contributed by atoms with Crippen LogP contribution in [0.2, 0.25) is 0 Å². The van der Waals surface area contributed by atoms with E-state index in [1.165, 1.54) is 19.3 Å². The molecule has 2 aliphatic rings. The van der Waals surface area contributed by atoms with Crippen molar-refractivity contribution in [2.45, 2.75) is 43.2 Å². The zero-order chi connectivity index (χ0) is 25.1. The van der Waals surface area contributed by atoms with Gasteiger partial charge in [-0.2, -0.15) is 0 Å². The summed E-state index contributed by atoms with van der Waals surface area (Å²) in [5.41, 5.74) is 1.29. The third-order valence-corrected chi connectivity index (χ3v) is 5.99. The Balaban J connectivity index is 1.55. The molecular weight excluding hydrogens is 460 g/mol. The molecular formula is C25H28O10. The van der Waals surface area contributed by atoms with E-state index in [0.717, 1.165) is 5.56 Å². The van der Waals surface area contributed by atoms with E-state index >= 15 is 0 Å². The summed E-state index contributed by atoms with van der Waals surface area (Å²) < 4.78 is 27.7. The van der Waals surface area contributed by atoms with Gasteiger partial charge in [-0.25, -0.2) is 0 Å². The van der Waals surface area contributed by atoms with Gasteiger partial charge >= 0.3 is 0 Å². The Kier molecular flexibility index (Phi) is 7.58. The highest BCUT2D eigenvalue weighted by molar-refractivity contribution is 6.03. The van der Waals surface area contributed by atoms with Crippen LogP contribution in [0.25, 0.3) is 5.76 Å². The molecule has 2 aliphatic heterocycles. The van der Waals surface area contributed by atoms with E-state index in [2.05, 4.69) is 0 Å². The monoisotopic (exact) mass is 488 g/mol. The lowest BCUT2D eigenvalue weighted by Crippen LogP contribution is -2.60. The number of methoxy groups -OCH3 is 2. The predicted octanol–water partition coefficient (Wildman–Crippen LogP) is 0.434. The zero-order valence-corrected chi connectivity index (χ0v) is 19.2. The molecule has 1 saturated heterocycles. The molecule has 2 aromatic carbocycles. The van der Waals surface area contributed by atoms with Crippen LogP contribution >= 0.6 is 0 Å². The minimum atomic E-state index is -1.60. The van der Waals surface area contributed by atoms with E-state index in [1.807, 2.05) is 12.1 Å². The minimum absolute atomic E-state index is 0.151. The van der Waals surface area contributed by atoms with Crippen LogP contribution in [0.3, 0.4) is 0 Å². The maximum Gasteiger partial charge on any atom is 0.229 e. The molecule has 6 atom stereocenters. The SMILES string of the molecule is COc1ccc(C[C@H]2OC(c3ccc(OC)cc3O[C@@H]3O[C@H](CO)[C@@H](O)[C@H](O)[C@H]3O)=CC2=O)cc1. The van der Waals surface area contributed by atoms with Crippen LogP contribution in [0.1, 0.15) is 11.1 Å². The average molecular weight is 488 g/mol. The molecule has 4 N–H and O–H groups in total. The van der Waals surface area contributed by atoms with Crippen molar-refractivity contribution in [3.05, 3.63) is 59.7 Å². The summed E-state index contributed by atoms with van der Waals surface area (Å²) in [5, 5.41) is 39.9. The first-order valence-corrected chi connectivity index (χ1v) is 11.0. The van der Waals surface area contributed by atoms with Crippen LogP contribution in [0.15, 0.2) is 48.5 Å². The summed E-state index contributed by atoms with van der Waals surface area (Å²) in [5.74, 6) is 1.33. The van der Waals surface area contributed by atoms with Crippen molar-refractivity contribution < 1.29 is 48.9 Å². The Morgan fingerprint density at radius 1 is 0.914 bits per heavy atom. The van der Waals surface area contributed by atoms with Crippen molar-refractivity contribution in [3.63, 3.8) is 0 Å². The van der Waals surface area contributed by atoms with Crippen molar-refractivity contribution in [1.82, 2.24) is 0 Å². The first kappa shape index (κ1) is 25.0. The van der Waals surface area contributed by atoms with Gasteiger partial charge < -0.3 is 44.1 Å². The molecule has 1 fully saturated rings. The van der Waals surface area contributed by atoms with Gasteiger partial charge in [0.2, 0.25) is 6.29 Å². The van der Waals surface area contributed by atoms with Crippen molar-refractivity contribution in [1.29, 1.82) is 0 Å². The number of rotatable bonds is 8. The van der Waals surface area contributed by atoms with Gasteiger partial charge in [-0.3, -0.25) is 4.79 Å². The number of hydrogen-bond acceptors (Lipinski definition) is 10. The maximum absolute atomic E-state index is 12.7. The number of ether oxygens (including phenoxy) is 5. The molecule has 4 rings (SSSR count). The third kappa shape index (κ3) is 5.26. The van der Waals surface area contributed by atoms with Gasteiger partial charge in [0.15, 0.2) is 11.9 Å². The Bertz CT molecular complexity index is 1060. The molecule has 35 heavy (non-hydrogen) atoms. The molecule has 0 bridgehead atoms. The van der Waals surface area contributed by atoms with E-state index in [4.69, 9.17) is 23.7 Å². The highest BCUT2D eigenvalue weighted by Gasteiger charge is 2.45. The van der Waals surface area contributed by atoms with E-state index in [0.29, 0.717) is 23.5 Å². The zero-order valence-electron chi connectivity index (χ0n) is 19.2. The largest absolute Gasteiger partial charge is 0.497 e. The summed E-state index contributed by atoms with van der Waals surface area (Å²) in [6.45, 7) is -0.592. The van der Waals surface area contributed by atoms with E-state index in [-0.39, 0.29) is 17.3 Å². The van der Waals surface area contributed by atoms with Crippen LogP contribution in [0, 0.1) is 0 Å².